The molecule has 25 heavy (non-hydrogen) atoms. The Morgan fingerprint density at radius 2 is 1.96 bits per heavy atom. The van der Waals surface area contributed by atoms with Crippen molar-refractivity contribution in [1.82, 2.24) is 4.31 Å². The van der Waals surface area contributed by atoms with Gasteiger partial charge in [0.05, 0.1) is 10.8 Å². The van der Waals surface area contributed by atoms with Gasteiger partial charge in [0.2, 0.25) is 10.0 Å². The Morgan fingerprint density at radius 3 is 2.52 bits per heavy atom. The number of fused-ring (bicyclic) bond motifs is 1. The number of sulfonamides is 1. The van der Waals surface area contributed by atoms with E-state index < -0.39 is 26.6 Å². The van der Waals surface area contributed by atoms with Crippen molar-refractivity contribution in [3.05, 3.63) is 35.1 Å². The summed E-state index contributed by atoms with van der Waals surface area (Å²) in [5, 5.41) is 0.279. The second-order valence-corrected chi connectivity index (χ2v) is 12.5. The quantitative estimate of drug-likeness (QED) is 0.587. The number of Topliss-reactive ketones (excluding diaryl/α,β-unsaturated/α-hetero) is 1. The molecule has 1 unspecified atom stereocenters. The third-order valence-corrected chi connectivity index (χ3v) is 9.38. The third-order valence-electron chi connectivity index (χ3n) is 5.12. The molecule has 2 saturated heterocycles. The standard InChI is InChI=1S/C18H24FNO3S2/c1-11(21)12-6-13(8-14(19)7-12)15-9-18(5)16(24-18)10-20(15)25(22,23)17(2,3)4/h6-8,15-16H,9-10H2,1-5H3/t15-,16?,18-/m1/s1. The molecule has 2 aliphatic heterocycles. The maximum absolute atomic E-state index is 14.1. The van der Waals surface area contributed by atoms with Crippen molar-refractivity contribution < 1.29 is 17.6 Å². The number of ketones is 1. The molecule has 2 fully saturated rings. The smallest absolute Gasteiger partial charge is 0.219 e. The van der Waals surface area contributed by atoms with Gasteiger partial charge in [0.25, 0.3) is 0 Å². The van der Waals surface area contributed by atoms with Crippen molar-refractivity contribution in [2.75, 3.05) is 6.54 Å². The van der Waals surface area contributed by atoms with Crippen LogP contribution in [0.2, 0.25) is 0 Å². The highest BCUT2D eigenvalue weighted by molar-refractivity contribution is 8.08. The highest BCUT2D eigenvalue weighted by Crippen LogP contribution is 2.62. The van der Waals surface area contributed by atoms with Gasteiger partial charge in [-0.3, -0.25) is 4.79 Å². The molecular formula is C18H24FNO3S2. The van der Waals surface area contributed by atoms with Gasteiger partial charge in [-0.15, -0.1) is 11.8 Å². The van der Waals surface area contributed by atoms with Crippen molar-refractivity contribution in [2.24, 2.45) is 0 Å². The van der Waals surface area contributed by atoms with Crippen LogP contribution in [0.4, 0.5) is 4.39 Å². The lowest BCUT2D eigenvalue weighted by atomic mass is 9.89. The zero-order chi connectivity index (χ0) is 18.8. The van der Waals surface area contributed by atoms with E-state index >= 15 is 0 Å². The van der Waals surface area contributed by atoms with Gasteiger partial charge >= 0.3 is 0 Å². The van der Waals surface area contributed by atoms with Crippen molar-refractivity contribution >= 4 is 27.6 Å². The van der Waals surface area contributed by atoms with Crippen LogP contribution in [-0.2, 0) is 10.0 Å². The number of halogens is 1. The predicted molar refractivity (Wildman–Crippen MR) is 98.9 cm³/mol. The molecule has 7 heteroatoms. The normalized spacial score (nSPS) is 30.0. The van der Waals surface area contributed by atoms with Gasteiger partial charge in [-0.25, -0.2) is 12.8 Å². The molecule has 3 rings (SSSR count). The molecule has 0 spiro atoms. The molecule has 4 nitrogen and oxygen atoms in total. The highest BCUT2D eigenvalue weighted by atomic mass is 32.2. The van der Waals surface area contributed by atoms with Crippen molar-refractivity contribution in [3.8, 4) is 0 Å². The lowest BCUT2D eigenvalue weighted by Crippen LogP contribution is -2.50. The van der Waals surface area contributed by atoms with Crippen LogP contribution in [0, 0.1) is 5.82 Å². The van der Waals surface area contributed by atoms with Gasteiger partial charge in [0.1, 0.15) is 5.82 Å². The number of thioether (sulfide) groups is 1. The Bertz CT molecular complexity index is 831. The summed E-state index contributed by atoms with van der Waals surface area (Å²) in [6, 6.07) is 3.75. The molecule has 0 aliphatic carbocycles. The van der Waals surface area contributed by atoms with Crippen LogP contribution < -0.4 is 0 Å². The van der Waals surface area contributed by atoms with E-state index in [2.05, 4.69) is 6.92 Å². The van der Waals surface area contributed by atoms with Crippen molar-refractivity contribution in [2.45, 2.75) is 61.8 Å². The molecule has 2 aliphatic rings. The summed E-state index contributed by atoms with van der Waals surface area (Å²) < 4.78 is 40.9. The summed E-state index contributed by atoms with van der Waals surface area (Å²) in [6.45, 7) is 8.98. The molecule has 0 amide bonds. The summed E-state index contributed by atoms with van der Waals surface area (Å²) in [5.41, 5.74) is 0.837. The van der Waals surface area contributed by atoms with Gasteiger partial charge in [0, 0.05) is 22.1 Å². The average Bonchev–Trinajstić information content (AvgIpc) is 3.14. The highest BCUT2D eigenvalue weighted by Gasteiger charge is 2.60. The Morgan fingerprint density at radius 1 is 1.32 bits per heavy atom. The Hall–Kier alpha value is -0.920. The summed E-state index contributed by atoms with van der Waals surface area (Å²) in [6.07, 6.45) is 0.623. The minimum atomic E-state index is -3.56. The summed E-state index contributed by atoms with van der Waals surface area (Å²) >= 11 is 1.78. The van der Waals surface area contributed by atoms with Gasteiger partial charge in [-0.05, 0) is 64.8 Å². The summed E-state index contributed by atoms with van der Waals surface area (Å²) in [5.74, 6) is -0.738. The number of rotatable bonds is 3. The molecule has 0 saturated carbocycles. The molecule has 0 N–H and O–H groups in total. The number of piperidine rings is 1. The number of carbonyl (C=O) groups is 1. The first kappa shape index (κ1) is 18.9. The Kier molecular flexibility index (Phi) is 4.37. The molecule has 0 radical (unpaired) electrons. The van der Waals surface area contributed by atoms with Crippen LogP contribution in [0.1, 0.15) is 63.0 Å². The van der Waals surface area contributed by atoms with E-state index in [-0.39, 0.29) is 21.3 Å². The first-order chi connectivity index (χ1) is 11.3. The zero-order valence-electron chi connectivity index (χ0n) is 15.2. The van der Waals surface area contributed by atoms with Gasteiger partial charge in [0.15, 0.2) is 5.78 Å². The van der Waals surface area contributed by atoms with Gasteiger partial charge < -0.3 is 0 Å². The van der Waals surface area contributed by atoms with E-state index in [1.165, 1.54) is 23.4 Å². The number of carbonyl (C=O) groups excluding carboxylic acids is 1. The van der Waals surface area contributed by atoms with E-state index in [0.717, 1.165) is 0 Å². The van der Waals surface area contributed by atoms with Crippen LogP contribution >= 0.6 is 11.8 Å². The van der Waals surface area contributed by atoms with E-state index in [0.29, 0.717) is 18.5 Å². The fraction of sp³-hybridized carbons (Fsp3) is 0.611. The molecule has 0 aromatic heterocycles. The molecule has 0 bridgehead atoms. The van der Waals surface area contributed by atoms with E-state index in [4.69, 9.17) is 0 Å². The van der Waals surface area contributed by atoms with Gasteiger partial charge in [-0.1, -0.05) is 0 Å². The minimum absolute atomic E-state index is 0.0251. The maximum Gasteiger partial charge on any atom is 0.219 e. The number of nitrogens with zero attached hydrogens (tertiary/aromatic N) is 1. The number of hydrogen-bond donors (Lipinski definition) is 0. The SMILES string of the molecule is CC(=O)c1cc(F)cc([C@H]2C[C@@]3(C)SC3CN2S(=O)(=O)C(C)(C)C)c1. The average molecular weight is 386 g/mol. The second kappa shape index (κ2) is 5.79. The third kappa shape index (κ3) is 3.26. The minimum Gasteiger partial charge on any atom is -0.295 e. The number of benzene rings is 1. The maximum atomic E-state index is 14.1. The van der Waals surface area contributed by atoms with Crippen LogP contribution in [0.5, 0.6) is 0 Å². The van der Waals surface area contributed by atoms with Crippen molar-refractivity contribution in [3.63, 3.8) is 0 Å². The van der Waals surface area contributed by atoms with E-state index in [1.54, 1.807) is 38.6 Å². The lowest BCUT2D eigenvalue weighted by molar-refractivity contribution is 0.101. The van der Waals surface area contributed by atoms with Crippen LogP contribution in [0.3, 0.4) is 0 Å². The number of hydrogen-bond acceptors (Lipinski definition) is 4. The summed E-state index contributed by atoms with van der Waals surface area (Å²) in [7, 11) is -3.56. The van der Waals surface area contributed by atoms with Crippen molar-refractivity contribution in [1.29, 1.82) is 0 Å². The van der Waals surface area contributed by atoms with Crippen LogP contribution in [0.25, 0.3) is 0 Å². The Balaban J connectivity index is 2.09. The van der Waals surface area contributed by atoms with Crippen LogP contribution in [0.15, 0.2) is 18.2 Å². The topological polar surface area (TPSA) is 54.5 Å². The molecule has 1 aromatic rings. The summed E-state index contributed by atoms with van der Waals surface area (Å²) in [4.78, 5) is 11.7. The van der Waals surface area contributed by atoms with E-state index in [1.807, 2.05) is 0 Å². The first-order valence-electron chi connectivity index (χ1n) is 8.36. The lowest BCUT2D eigenvalue weighted by Gasteiger charge is -2.40. The molecule has 2 heterocycles. The molecule has 138 valence electrons. The van der Waals surface area contributed by atoms with Gasteiger partial charge in [-0.2, -0.15) is 4.31 Å². The molecular weight excluding hydrogens is 361 g/mol. The largest absolute Gasteiger partial charge is 0.295 e. The fourth-order valence-corrected chi connectivity index (χ4v) is 6.30. The zero-order valence-corrected chi connectivity index (χ0v) is 16.8. The monoisotopic (exact) mass is 385 g/mol. The predicted octanol–water partition coefficient (Wildman–Crippen LogP) is 3.78. The fourth-order valence-electron chi connectivity index (χ4n) is 3.39. The first-order valence-corrected chi connectivity index (χ1v) is 10.7. The molecule has 1 aromatic carbocycles. The second-order valence-electron chi connectivity index (χ2n) is 8.16. The van der Waals surface area contributed by atoms with Crippen LogP contribution in [-0.4, -0.2) is 39.8 Å². The molecule has 3 atom stereocenters. The Labute approximate surface area is 153 Å². The van der Waals surface area contributed by atoms with E-state index in [9.17, 15) is 17.6 Å².